The molecule has 2 N–H and O–H groups in total. The summed E-state index contributed by atoms with van der Waals surface area (Å²) in [4.78, 5) is -0.138. The molecule has 10 nitrogen and oxygen atoms in total. The number of hydrogen-bond acceptors (Lipinski definition) is 8. The zero-order valence-corrected chi connectivity index (χ0v) is 21.8. The molecule has 0 amide bonds. The molecule has 0 saturated carbocycles. The van der Waals surface area contributed by atoms with Gasteiger partial charge in [0.1, 0.15) is 5.82 Å². The lowest BCUT2D eigenvalue weighted by Gasteiger charge is -2.25. The third-order valence-electron chi connectivity index (χ3n) is 5.59. The summed E-state index contributed by atoms with van der Waals surface area (Å²) in [6.45, 7) is 4.97. The van der Waals surface area contributed by atoms with Gasteiger partial charge in [0.05, 0.1) is 23.8 Å². The summed E-state index contributed by atoms with van der Waals surface area (Å²) in [5, 5.41) is 13.9. The second kappa shape index (κ2) is 10.7. The quantitative estimate of drug-likeness (QED) is 0.370. The van der Waals surface area contributed by atoms with Crippen LogP contribution >= 0.6 is 11.6 Å². The Bertz CT molecular complexity index is 1420. The van der Waals surface area contributed by atoms with Crippen LogP contribution in [-0.2, 0) is 30.7 Å². The topological polar surface area (TPSA) is 144 Å². The molecule has 0 bridgehead atoms. The molecule has 2 atom stereocenters. The van der Waals surface area contributed by atoms with Crippen LogP contribution in [0.25, 0.3) is 0 Å². The lowest BCUT2D eigenvalue weighted by molar-refractivity contribution is 0.325. The van der Waals surface area contributed by atoms with Crippen LogP contribution in [0.4, 0.5) is 4.39 Å². The number of aromatic amines is 1. The number of halogens is 2. The van der Waals surface area contributed by atoms with E-state index in [2.05, 4.69) is 25.3 Å². The van der Waals surface area contributed by atoms with Gasteiger partial charge >= 0.3 is 0 Å². The molecule has 1 aromatic heterocycles. The van der Waals surface area contributed by atoms with Crippen molar-refractivity contribution in [2.24, 2.45) is 0 Å². The lowest BCUT2D eigenvalue weighted by atomic mass is 9.88. The minimum Gasteiger partial charge on any atom is -0.270 e. The molecule has 0 fully saturated rings. The van der Waals surface area contributed by atoms with Crippen LogP contribution in [0.3, 0.4) is 0 Å². The van der Waals surface area contributed by atoms with Crippen molar-refractivity contribution < 1.29 is 25.4 Å². The van der Waals surface area contributed by atoms with Gasteiger partial charge in [-0.2, -0.15) is 18.4 Å². The van der Waals surface area contributed by atoms with Gasteiger partial charge in [-0.3, -0.25) is 4.18 Å². The number of benzene rings is 2. The molecular formula is C21H25ClFN5O5S2. The Morgan fingerprint density at radius 3 is 2.51 bits per heavy atom. The number of tetrazole rings is 1. The van der Waals surface area contributed by atoms with Gasteiger partial charge in [-0.25, -0.2) is 12.8 Å². The van der Waals surface area contributed by atoms with Gasteiger partial charge in [0.15, 0.2) is 5.82 Å². The van der Waals surface area contributed by atoms with Crippen molar-refractivity contribution in [3.8, 4) is 0 Å². The minimum atomic E-state index is -4.25. The Balaban J connectivity index is 2.01. The van der Waals surface area contributed by atoms with E-state index in [9.17, 15) is 21.2 Å². The zero-order valence-electron chi connectivity index (χ0n) is 19.4. The Morgan fingerprint density at radius 2 is 1.89 bits per heavy atom. The van der Waals surface area contributed by atoms with Gasteiger partial charge in [0, 0.05) is 10.9 Å². The highest BCUT2D eigenvalue weighted by molar-refractivity contribution is 7.89. The molecule has 14 heteroatoms. The number of rotatable bonds is 10. The Morgan fingerprint density at radius 1 is 1.17 bits per heavy atom. The SMILES string of the molecule is Cc1ccc(F)c([C@@H](C)[C@H](NS(=O)(=O)c2ccc(Cl)cc2CCOS(C)(=O)=O)c2nn[nH]n2)c1C. The summed E-state index contributed by atoms with van der Waals surface area (Å²) < 4.78 is 71.8. The number of nitrogens with one attached hydrogen (secondary N) is 2. The van der Waals surface area contributed by atoms with Crippen molar-refractivity contribution in [1.29, 1.82) is 0 Å². The third kappa shape index (κ3) is 6.61. The largest absolute Gasteiger partial charge is 0.270 e. The van der Waals surface area contributed by atoms with Gasteiger partial charge < -0.3 is 0 Å². The van der Waals surface area contributed by atoms with Crippen LogP contribution in [-0.4, -0.2) is 50.3 Å². The van der Waals surface area contributed by atoms with E-state index in [-0.39, 0.29) is 34.3 Å². The van der Waals surface area contributed by atoms with Crippen LogP contribution < -0.4 is 4.72 Å². The summed E-state index contributed by atoms with van der Waals surface area (Å²) in [6, 6.07) is 6.01. The fraction of sp³-hybridized carbons (Fsp3) is 0.381. The van der Waals surface area contributed by atoms with Crippen molar-refractivity contribution in [1.82, 2.24) is 25.3 Å². The molecule has 0 aliphatic heterocycles. The fourth-order valence-electron chi connectivity index (χ4n) is 3.75. The zero-order chi connectivity index (χ0) is 26.0. The second-order valence-corrected chi connectivity index (χ2v) is 11.9. The highest BCUT2D eigenvalue weighted by atomic mass is 35.5. The maximum absolute atomic E-state index is 14.9. The van der Waals surface area contributed by atoms with Gasteiger partial charge in [-0.1, -0.05) is 29.8 Å². The maximum Gasteiger partial charge on any atom is 0.264 e. The average Bonchev–Trinajstić information content (AvgIpc) is 3.28. The van der Waals surface area contributed by atoms with Crippen molar-refractivity contribution in [3.05, 3.63) is 69.2 Å². The van der Waals surface area contributed by atoms with Gasteiger partial charge in [-0.05, 0) is 66.8 Å². The first kappa shape index (κ1) is 27.1. The molecule has 0 aliphatic carbocycles. The van der Waals surface area contributed by atoms with Crippen LogP contribution in [0, 0.1) is 19.7 Å². The minimum absolute atomic E-state index is 0.0253. The first-order chi connectivity index (χ1) is 16.3. The second-order valence-electron chi connectivity index (χ2n) is 8.09. The first-order valence-corrected chi connectivity index (χ1v) is 14.1. The summed E-state index contributed by atoms with van der Waals surface area (Å²) in [5.74, 6) is -1.18. The van der Waals surface area contributed by atoms with Gasteiger partial charge in [0.2, 0.25) is 10.0 Å². The predicted octanol–water partition coefficient (Wildman–Crippen LogP) is 2.95. The smallest absolute Gasteiger partial charge is 0.264 e. The molecule has 0 saturated heterocycles. The molecule has 0 radical (unpaired) electrons. The van der Waals surface area contributed by atoms with E-state index in [1.807, 2.05) is 6.92 Å². The summed E-state index contributed by atoms with van der Waals surface area (Å²) in [6.07, 6.45) is 0.853. The highest BCUT2D eigenvalue weighted by Crippen LogP contribution is 2.35. The normalized spacial score (nSPS) is 14.1. The van der Waals surface area contributed by atoms with E-state index in [1.54, 1.807) is 19.9 Å². The number of aromatic nitrogens is 4. The lowest BCUT2D eigenvalue weighted by Crippen LogP contribution is -2.34. The molecule has 190 valence electrons. The van der Waals surface area contributed by atoms with E-state index < -0.39 is 37.9 Å². The van der Waals surface area contributed by atoms with Crippen molar-refractivity contribution in [2.45, 2.75) is 44.0 Å². The Labute approximate surface area is 208 Å². The Hall–Kier alpha value is -2.45. The monoisotopic (exact) mass is 545 g/mol. The summed E-state index contributed by atoms with van der Waals surface area (Å²) in [5.41, 5.74) is 2.08. The van der Waals surface area contributed by atoms with E-state index in [0.29, 0.717) is 11.1 Å². The number of hydrogen-bond donors (Lipinski definition) is 2. The van der Waals surface area contributed by atoms with Gasteiger partial charge in [-0.15, -0.1) is 10.2 Å². The summed E-state index contributed by atoms with van der Waals surface area (Å²) >= 11 is 6.05. The number of nitrogens with zero attached hydrogens (tertiary/aromatic N) is 3. The molecule has 1 heterocycles. The van der Waals surface area contributed by atoms with E-state index in [0.717, 1.165) is 11.8 Å². The van der Waals surface area contributed by atoms with E-state index in [4.69, 9.17) is 15.8 Å². The number of aryl methyl sites for hydroxylation is 1. The molecule has 2 aromatic carbocycles. The molecule has 3 rings (SSSR count). The fourth-order valence-corrected chi connectivity index (χ4v) is 5.85. The van der Waals surface area contributed by atoms with Crippen LogP contribution in [0.2, 0.25) is 5.02 Å². The van der Waals surface area contributed by atoms with E-state index in [1.165, 1.54) is 24.3 Å². The van der Waals surface area contributed by atoms with E-state index >= 15 is 0 Å². The Kier molecular flexibility index (Phi) is 8.27. The highest BCUT2D eigenvalue weighted by Gasteiger charge is 2.33. The summed E-state index contributed by atoms with van der Waals surface area (Å²) in [7, 11) is -7.96. The standard InChI is InChI=1S/C21H25ClFN5O5S2/c1-12-5-7-17(23)19(13(12)2)14(3)20(21-24-27-28-25-21)26-35(31,32)18-8-6-16(22)11-15(18)9-10-33-34(4,29)30/h5-8,11,14,20,26H,9-10H2,1-4H3,(H,24,25,27,28)/t14-,20+/m1/s1. The molecule has 35 heavy (non-hydrogen) atoms. The first-order valence-electron chi connectivity index (χ1n) is 10.4. The molecule has 3 aromatic rings. The molecule has 0 aliphatic rings. The average molecular weight is 546 g/mol. The van der Waals surface area contributed by atoms with Crippen molar-refractivity contribution in [3.63, 3.8) is 0 Å². The maximum atomic E-state index is 14.9. The molecular weight excluding hydrogens is 521 g/mol. The van der Waals surface area contributed by atoms with Crippen LogP contribution in [0.5, 0.6) is 0 Å². The molecule has 0 unspecified atom stereocenters. The van der Waals surface area contributed by atoms with Crippen LogP contribution in [0.15, 0.2) is 35.2 Å². The van der Waals surface area contributed by atoms with Crippen LogP contribution in [0.1, 0.15) is 47.0 Å². The predicted molar refractivity (Wildman–Crippen MR) is 127 cm³/mol. The number of H-pyrrole nitrogens is 1. The molecule has 0 spiro atoms. The number of sulfonamides is 1. The third-order valence-corrected chi connectivity index (χ3v) is 7.96. The van der Waals surface area contributed by atoms with Gasteiger partial charge in [0.25, 0.3) is 10.1 Å². The van der Waals surface area contributed by atoms with Crippen molar-refractivity contribution >= 4 is 31.7 Å². The van der Waals surface area contributed by atoms with Crippen molar-refractivity contribution in [2.75, 3.05) is 12.9 Å².